The summed E-state index contributed by atoms with van der Waals surface area (Å²) in [5.41, 5.74) is 4.07. The molecule has 1 N–H and O–H groups in total. The SMILES string of the molecule is COC(=O)c1ccc(CN(CCCO)C(c2ccccc2)c2ccccc2)cc1. The highest BCUT2D eigenvalue weighted by atomic mass is 16.5. The van der Waals surface area contributed by atoms with Gasteiger partial charge in [-0.3, -0.25) is 4.90 Å². The molecule has 0 aliphatic heterocycles. The van der Waals surface area contributed by atoms with E-state index in [1.54, 1.807) is 12.1 Å². The number of carbonyl (C=O) groups is 1. The fraction of sp³-hybridized carbons (Fsp3) is 0.240. The minimum atomic E-state index is -0.333. The first kappa shape index (κ1) is 20.8. The van der Waals surface area contributed by atoms with Gasteiger partial charge in [0.15, 0.2) is 0 Å². The van der Waals surface area contributed by atoms with Crippen LogP contribution in [0.25, 0.3) is 0 Å². The van der Waals surface area contributed by atoms with E-state index in [4.69, 9.17) is 4.74 Å². The zero-order chi connectivity index (χ0) is 20.5. The molecule has 0 spiro atoms. The maximum Gasteiger partial charge on any atom is 0.337 e. The average Bonchev–Trinajstić information content (AvgIpc) is 2.79. The van der Waals surface area contributed by atoms with Gasteiger partial charge in [-0.25, -0.2) is 4.79 Å². The first-order valence-corrected chi connectivity index (χ1v) is 9.85. The van der Waals surface area contributed by atoms with Gasteiger partial charge >= 0.3 is 5.97 Å². The summed E-state index contributed by atoms with van der Waals surface area (Å²) in [6.07, 6.45) is 0.691. The van der Waals surface area contributed by atoms with Crippen LogP contribution in [-0.2, 0) is 11.3 Å². The number of nitrogens with zero attached hydrogens (tertiary/aromatic N) is 1. The Balaban J connectivity index is 1.92. The third-order valence-electron chi connectivity index (χ3n) is 4.96. The van der Waals surface area contributed by atoms with Crippen molar-refractivity contribution in [2.75, 3.05) is 20.3 Å². The van der Waals surface area contributed by atoms with Crippen LogP contribution in [0.15, 0.2) is 84.9 Å². The number of hydrogen-bond donors (Lipinski definition) is 1. The van der Waals surface area contributed by atoms with Gasteiger partial charge in [-0.1, -0.05) is 72.8 Å². The number of carbonyl (C=O) groups excluding carboxylic acids is 1. The van der Waals surface area contributed by atoms with E-state index in [9.17, 15) is 9.90 Å². The van der Waals surface area contributed by atoms with E-state index < -0.39 is 0 Å². The van der Waals surface area contributed by atoms with Gasteiger partial charge in [-0.15, -0.1) is 0 Å². The molecule has 0 fully saturated rings. The van der Waals surface area contributed by atoms with Crippen molar-refractivity contribution < 1.29 is 14.6 Å². The summed E-state index contributed by atoms with van der Waals surface area (Å²) in [7, 11) is 1.39. The Morgan fingerprint density at radius 1 is 0.897 bits per heavy atom. The summed E-state index contributed by atoms with van der Waals surface area (Å²) < 4.78 is 4.79. The van der Waals surface area contributed by atoms with E-state index in [0.29, 0.717) is 18.5 Å². The van der Waals surface area contributed by atoms with Crippen molar-refractivity contribution in [1.82, 2.24) is 4.90 Å². The van der Waals surface area contributed by atoms with Gasteiger partial charge in [0.2, 0.25) is 0 Å². The van der Waals surface area contributed by atoms with Crippen molar-refractivity contribution in [1.29, 1.82) is 0 Å². The molecule has 3 aromatic rings. The molecule has 0 heterocycles. The second-order valence-electron chi connectivity index (χ2n) is 6.96. The number of esters is 1. The highest BCUT2D eigenvalue weighted by molar-refractivity contribution is 5.89. The topological polar surface area (TPSA) is 49.8 Å². The van der Waals surface area contributed by atoms with Crippen LogP contribution in [0.5, 0.6) is 0 Å². The zero-order valence-electron chi connectivity index (χ0n) is 16.7. The largest absolute Gasteiger partial charge is 0.465 e. The maximum absolute atomic E-state index is 11.7. The third-order valence-corrected chi connectivity index (χ3v) is 4.96. The van der Waals surface area contributed by atoms with Gasteiger partial charge in [0.05, 0.1) is 18.7 Å². The number of aliphatic hydroxyl groups excluding tert-OH is 1. The molecule has 0 amide bonds. The van der Waals surface area contributed by atoms with Gasteiger partial charge in [-0.2, -0.15) is 0 Å². The Morgan fingerprint density at radius 3 is 1.93 bits per heavy atom. The first-order chi connectivity index (χ1) is 14.2. The highest BCUT2D eigenvalue weighted by Gasteiger charge is 2.22. The van der Waals surface area contributed by atoms with E-state index >= 15 is 0 Å². The second-order valence-corrected chi connectivity index (χ2v) is 6.96. The molecule has 0 radical (unpaired) electrons. The molecular formula is C25H27NO3. The molecule has 4 nitrogen and oxygen atoms in total. The molecular weight excluding hydrogens is 362 g/mol. The van der Waals surface area contributed by atoms with Crippen molar-refractivity contribution in [3.05, 3.63) is 107 Å². The van der Waals surface area contributed by atoms with Crippen molar-refractivity contribution >= 4 is 5.97 Å². The fourth-order valence-electron chi connectivity index (χ4n) is 3.56. The van der Waals surface area contributed by atoms with Crippen LogP contribution in [0.4, 0.5) is 0 Å². The Kier molecular flexibility index (Phi) is 7.56. The predicted molar refractivity (Wildman–Crippen MR) is 115 cm³/mol. The lowest BCUT2D eigenvalue weighted by atomic mass is 9.96. The molecule has 0 aliphatic rings. The Hall–Kier alpha value is -2.95. The molecule has 0 aliphatic carbocycles. The molecule has 0 bridgehead atoms. The standard InChI is InChI=1S/C25H27NO3/c1-29-25(28)23-15-13-20(14-16-23)19-26(17-8-18-27)24(21-9-4-2-5-10-21)22-11-6-3-7-12-22/h2-7,9-16,24,27H,8,17-19H2,1H3. The fourth-order valence-corrected chi connectivity index (χ4v) is 3.56. The predicted octanol–water partition coefficient (Wildman–Crippen LogP) is 4.45. The lowest BCUT2D eigenvalue weighted by Gasteiger charge is -2.33. The molecule has 3 aromatic carbocycles. The minimum Gasteiger partial charge on any atom is -0.465 e. The zero-order valence-corrected chi connectivity index (χ0v) is 16.7. The van der Waals surface area contributed by atoms with Crippen LogP contribution in [-0.4, -0.2) is 36.2 Å². The minimum absolute atomic E-state index is 0.0734. The molecule has 4 heteroatoms. The Morgan fingerprint density at radius 2 is 1.45 bits per heavy atom. The molecule has 0 saturated carbocycles. The molecule has 0 aromatic heterocycles. The summed E-state index contributed by atoms with van der Waals surface area (Å²) >= 11 is 0. The summed E-state index contributed by atoms with van der Waals surface area (Å²) in [4.78, 5) is 14.1. The van der Waals surface area contributed by atoms with Gasteiger partial charge < -0.3 is 9.84 Å². The Labute approximate surface area is 172 Å². The highest BCUT2D eigenvalue weighted by Crippen LogP contribution is 2.30. The number of aliphatic hydroxyl groups is 1. The lowest BCUT2D eigenvalue weighted by Crippen LogP contribution is -2.31. The number of ether oxygens (including phenoxy) is 1. The van der Waals surface area contributed by atoms with E-state index in [1.165, 1.54) is 18.2 Å². The van der Waals surface area contributed by atoms with Crippen LogP contribution in [0.1, 0.15) is 39.5 Å². The first-order valence-electron chi connectivity index (χ1n) is 9.85. The van der Waals surface area contributed by atoms with E-state index in [1.807, 2.05) is 24.3 Å². The van der Waals surface area contributed by atoms with Crippen LogP contribution < -0.4 is 0 Å². The second kappa shape index (κ2) is 10.6. The number of benzene rings is 3. The Bertz CT molecular complexity index is 839. The van der Waals surface area contributed by atoms with E-state index in [-0.39, 0.29) is 18.6 Å². The van der Waals surface area contributed by atoms with Gasteiger partial charge in [-0.05, 0) is 35.2 Å². The number of methoxy groups -OCH3 is 1. The van der Waals surface area contributed by atoms with E-state index in [2.05, 4.69) is 53.4 Å². The van der Waals surface area contributed by atoms with Crippen molar-refractivity contribution in [3.63, 3.8) is 0 Å². The smallest absolute Gasteiger partial charge is 0.337 e. The normalized spacial score (nSPS) is 11.0. The molecule has 0 unspecified atom stereocenters. The van der Waals surface area contributed by atoms with Gasteiger partial charge in [0, 0.05) is 19.7 Å². The van der Waals surface area contributed by atoms with Crippen LogP contribution in [0, 0.1) is 0 Å². The molecule has 150 valence electrons. The van der Waals surface area contributed by atoms with Crippen LogP contribution in [0.3, 0.4) is 0 Å². The average molecular weight is 389 g/mol. The van der Waals surface area contributed by atoms with Gasteiger partial charge in [0.25, 0.3) is 0 Å². The molecule has 0 atom stereocenters. The molecule has 3 rings (SSSR count). The molecule has 29 heavy (non-hydrogen) atoms. The summed E-state index contributed by atoms with van der Waals surface area (Å²) in [5.74, 6) is -0.333. The van der Waals surface area contributed by atoms with Crippen LogP contribution in [0.2, 0.25) is 0 Å². The van der Waals surface area contributed by atoms with Crippen LogP contribution >= 0.6 is 0 Å². The summed E-state index contributed by atoms with van der Waals surface area (Å²) in [6.45, 7) is 1.60. The third kappa shape index (κ3) is 5.53. The summed E-state index contributed by atoms with van der Waals surface area (Å²) in [5, 5.41) is 9.45. The van der Waals surface area contributed by atoms with Crippen molar-refractivity contribution in [3.8, 4) is 0 Å². The maximum atomic E-state index is 11.7. The lowest BCUT2D eigenvalue weighted by molar-refractivity contribution is 0.0600. The molecule has 0 saturated heterocycles. The van der Waals surface area contributed by atoms with Gasteiger partial charge in [0.1, 0.15) is 0 Å². The summed E-state index contributed by atoms with van der Waals surface area (Å²) in [6, 6.07) is 28.4. The monoisotopic (exact) mass is 389 g/mol. The van der Waals surface area contributed by atoms with Crippen molar-refractivity contribution in [2.45, 2.75) is 19.0 Å². The van der Waals surface area contributed by atoms with Crippen molar-refractivity contribution in [2.24, 2.45) is 0 Å². The number of rotatable bonds is 9. The van der Waals surface area contributed by atoms with E-state index in [0.717, 1.165) is 12.1 Å². The number of hydrogen-bond acceptors (Lipinski definition) is 4. The quantitative estimate of drug-likeness (QED) is 0.550.